The molecule has 1 heterocycles. The van der Waals surface area contributed by atoms with E-state index in [0.717, 1.165) is 6.07 Å². The molecule has 0 aromatic heterocycles. The minimum absolute atomic E-state index is 0.0748. The van der Waals surface area contributed by atoms with E-state index >= 15 is 0 Å². The lowest BCUT2D eigenvalue weighted by Crippen LogP contribution is -2.43. The first-order chi connectivity index (χ1) is 16.6. The topological polar surface area (TPSA) is 154 Å². The lowest BCUT2D eigenvalue weighted by Gasteiger charge is -2.38. The van der Waals surface area contributed by atoms with Gasteiger partial charge in [-0.05, 0) is 37.3 Å². The number of benzene rings is 1. The fourth-order valence-corrected chi connectivity index (χ4v) is 4.63. The molecule has 11 nitrogen and oxygen atoms in total. The lowest BCUT2D eigenvalue weighted by atomic mass is 9.69. The van der Waals surface area contributed by atoms with Crippen LogP contribution in [0.3, 0.4) is 0 Å². The molecule has 0 spiro atoms. The van der Waals surface area contributed by atoms with E-state index in [9.17, 15) is 29.6 Å². The smallest absolute Gasteiger partial charge is 0.336 e. The largest absolute Gasteiger partial charge is 0.500 e. The standard InChI is InChI=1S/C24H28N2O9/c1-6-7-35-24(30)18-12(3)25-14-8-11(2)17(23(29)34-5)22(28)20(14)19(18)13-9-15(26(31)32)21(27)16(10-13)33-4/h9-11,17,19,25,27H,6-8H2,1-5H3/t11-,17-,19-/m1/s1. The Morgan fingerprint density at radius 3 is 2.54 bits per heavy atom. The molecule has 2 N–H and O–H groups in total. The van der Waals surface area contributed by atoms with Crippen LogP contribution in [0.2, 0.25) is 0 Å². The molecule has 188 valence electrons. The summed E-state index contributed by atoms with van der Waals surface area (Å²) in [6.45, 7) is 5.35. The monoisotopic (exact) mass is 488 g/mol. The second kappa shape index (κ2) is 10.2. The third kappa shape index (κ3) is 4.58. The number of dihydropyridines is 1. The first-order valence-electron chi connectivity index (χ1n) is 11.1. The molecule has 0 saturated carbocycles. The number of hydrogen-bond acceptors (Lipinski definition) is 10. The van der Waals surface area contributed by atoms with E-state index in [1.807, 2.05) is 6.92 Å². The maximum Gasteiger partial charge on any atom is 0.336 e. The molecule has 0 saturated heterocycles. The van der Waals surface area contributed by atoms with Crippen molar-refractivity contribution in [2.24, 2.45) is 11.8 Å². The number of nitrogens with zero attached hydrogens (tertiary/aromatic N) is 1. The number of ketones is 1. The molecule has 3 rings (SSSR count). The van der Waals surface area contributed by atoms with Crippen LogP contribution < -0.4 is 10.1 Å². The number of phenols is 1. The number of hydrogen-bond donors (Lipinski definition) is 2. The molecular formula is C24H28N2O9. The third-order valence-corrected chi connectivity index (χ3v) is 6.23. The molecule has 0 amide bonds. The molecule has 35 heavy (non-hydrogen) atoms. The molecule has 1 aliphatic heterocycles. The number of nitro benzene ring substituents is 1. The van der Waals surface area contributed by atoms with Crippen LogP contribution in [0.4, 0.5) is 5.69 Å². The molecule has 2 aliphatic rings. The van der Waals surface area contributed by atoms with Crippen LogP contribution in [0, 0.1) is 22.0 Å². The van der Waals surface area contributed by atoms with Gasteiger partial charge in [0.05, 0.1) is 31.3 Å². The van der Waals surface area contributed by atoms with Crippen LogP contribution in [-0.2, 0) is 23.9 Å². The molecule has 0 unspecified atom stereocenters. The second-order valence-electron chi connectivity index (χ2n) is 8.52. The molecule has 0 radical (unpaired) electrons. The van der Waals surface area contributed by atoms with Crippen molar-refractivity contribution < 1.29 is 38.6 Å². The summed E-state index contributed by atoms with van der Waals surface area (Å²) in [5.41, 5.74) is 0.628. The molecule has 1 aliphatic carbocycles. The van der Waals surface area contributed by atoms with E-state index in [1.165, 1.54) is 20.3 Å². The number of carbonyl (C=O) groups is 3. The van der Waals surface area contributed by atoms with Crippen LogP contribution in [0.5, 0.6) is 11.5 Å². The molecule has 1 aromatic rings. The Morgan fingerprint density at radius 2 is 1.97 bits per heavy atom. The second-order valence-corrected chi connectivity index (χ2v) is 8.52. The van der Waals surface area contributed by atoms with Gasteiger partial charge < -0.3 is 24.6 Å². The van der Waals surface area contributed by atoms with Gasteiger partial charge in [0.25, 0.3) is 0 Å². The molecule has 0 fully saturated rings. The van der Waals surface area contributed by atoms with Crippen LogP contribution >= 0.6 is 0 Å². The van der Waals surface area contributed by atoms with Crippen molar-refractivity contribution in [2.75, 3.05) is 20.8 Å². The summed E-state index contributed by atoms with van der Waals surface area (Å²) >= 11 is 0. The Balaban J connectivity index is 2.30. The van der Waals surface area contributed by atoms with Crippen LogP contribution in [-0.4, -0.2) is 48.6 Å². The highest BCUT2D eigenvalue weighted by molar-refractivity contribution is 6.12. The number of rotatable bonds is 7. The van der Waals surface area contributed by atoms with Gasteiger partial charge in [-0.3, -0.25) is 19.7 Å². The van der Waals surface area contributed by atoms with Crippen molar-refractivity contribution in [2.45, 2.75) is 39.5 Å². The highest BCUT2D eigenvalue weighted by atomic mass is 16.6. The van der Waals surface area contributed by atoms with E-state index < -0.39 is 45.9 Å². The average Bonchev–Trinajstić information content (AvgIpc) is 2.81. The summed E-state index contributed by atoms with van der Waals surface area (Å²) in [5, 5.41) is 25.0. The summed E-state index contributed by atoms with van der Waals surface area (Å²) in [6.07, 6.45) is 0.868. The normalized spacial score (nSPS) is 21.7. The van der Waals surface area contributed by atoms with Gasteiger partial charge in [-0.25, -0.2) is 4.79 Å². The van der Waals surface area contributed by atoms with Crippen molar-refractivity contribution in [3.63, 3.8) is 0 Å². The fourth-order valence-electron chi connectivity index (χ4n) is 4.63. The van der Waals surface area contributed by atoms with Crippen molar-refractivity contribution in [1.82, 2.24) is 5.32 Å². The summed E-state index contributed by atoms with van der Waals surface area (Å²) in [4.78, 5) is 50.2. The third-order valence-electron chi connectivity index (χ3n) is 6.23. The van der Waals surface area contributed by atoms with Gasteiger partial charge in [-0.2, -0.15) is 0 Å². The minimum Gasteiger partial charge on any atom is -0.500 e. The van der Waals surface area contributed by atoms with Gasteiger partial charge >= 0.3 is 17.6 Å². The van der Waals surface area contributed by atoms with Gasteiger partial charge in [-0.1, -0.05) is 13.8 Å². The average molecular weight is 488 g/mol. The summed E-state index contributed by atoms with van der Waals surface area (Å²) in [7, 11) is 2.42. The van der Waals surface area contributed by atoms with Crippen molar-refractivity contribution in [3.8, 4) is 11.5 Å². The Labute approximate surface area is 201 Å². The van der Waals surface area contributed by atoms with Crippen molar-refractivity contribution >= 4 is 23.4 Å². The van der Waals surface area contributed by atoms with Crippen molar-refractivity contribution in [1.29, 1.82) is 0 Å². The Kier molecular flexibility index (Phi) is 7.47. The highest BCUT2D eigenvalue weighted by Gasteiger charge is 2.47. The summed E-state index contributed by atoms with van der Waals surface area (Å²) in [5.74, 6) is -5.43. The maximum atomic E-state index is 13.7. The van der Waals surface area contributed by atoms with E-state index in [-0.39, 0.29) is 35.0 Å². The van der Waals surface area contributed by atoms with Gasteiger partial charge in [-0.15, -0.1) is 0 Å². The lowest BCUT2D eigenvalue weighted by molar-refractivity contribution is -0.386. The van der Waals surface area contributed by atoms with Crippen molar-refractivity contribution in [3.05, 3.63) is 50.4 Å². The highest BCUT2D eigenvalue weighted by Crippen LogP contribution is 2.48. The number of carbonyl (C=O) groups excluding carboxylic acids is 3. The number of methoxy groups -OCH3 is 2. The number of esters is 2. The number of Topliss-reactive ketones (excluding diaryl/α,β-unsaturated/α-hetero) is 1. The number of allylic oxidation sites excluding steroid dienone is 3. The zero-order valence-corrected chi connectivity index (χ0v) is 20.2. The number of nitrogens with one attached hydrogen (secondary N) is 1. The fraction of sp³-hybridized carbons (Fsp3) is 0.458. The SMILES string of the molecule is CCCOC(=O)C1=C(C)NC2=C(C(=O)[C@H](C(=O)OC)[C@H](C)C2)[C@@H]1c1cc(OC)c(O)c([N+](=O)[O-])c1. The number of aromatic hydroxyl groups is 1. The number of ether oxygens (including phenoxy) is 3. The quantitative estimate of drug-likeness (QED) is 0.253. The number of nitro groups is 1. The van der Waals surface area contributed by atoms with Crippen LogP contribution in [0.15, 0.2) is 34.7 Å². The Morgan fingerprint density at radius 1 is 1.29 bits per heavy atom. The van der Waals surface area contributed by atoms with Gasteiger partial charge in [0.2, 0.25) is 5.75 Å². The summed E-state index contributed by atoms with van der Waals surface area (Å²) < 4.78 is 15.4. The minimum atomic E-state index is -1.11. The Bertz CT molecular complexity index is 1150. The molecule has 0 bridgehead atoms. The van der Waals surface area contributed by atoms with Gasteiger partial charge in [0.1, 0.15) is 5.92 Å². The predicted octanol–water partition coefficient (Wildman–Crippen LogP) is 2.88. The van der Waals surface area contributed by atoms with Crippen LogP contribution in [0.1, 0.15) is 45.1 Å². The first-order valence-corrected chi connectivity index (χ1v) is 11.1. The van der Waals surface area contributed by atoms with Gasteiger partial charge in [0, 0.05) is 29.0 Å². The van der Waals surface area contributed by atoms with E-state index in [2.05, 4.69) is 5.32 Å². The van der Waals surface area contributed by atoms with Crippen LogP contribution in [0.25, 0.3) is 0 Å². The predicted molar refractivity (Wildman–Crippen MR) is 122 cm³/mol. The van der Waals surface area contributed by atoms with Gasteiger partial charge in [0.15, 0.2) is 11.5 Å². The molecule has 11 heteroatoms. The molecule has 1 aromatic carbocycles. The molecular weight excluding hydrogens is 460 g/mol. The molecule has 3 atom stereocenters. The van der Waals surface area contributed by atoms with E-state index in [4.69, 9.17) is 14.2 Å². The summed E-state index contributed by atoms with van der Waals surface area (Å²) in [6, 6.07) is 2.43. The zero-order chi connectivity index (χ0) is 26.0. The first kappa shape index (κ1) is 25.7. The Hall–Kier alpha value is -3.89. The number of phenolic OH excluding ortho intramolecular Hbond substituents is 1. The van der Waals surface area contributed by atoms with E-state index in [0.29, 0.717) is 24.2 Å². The van der Waals surface area contributed by atoms with E-state index in [1.54, 1.807) is 13.8 Å². The maximum absolute atomic E-state index is 13.7. The zero-order valence-electron chi connectivity index (χ0n) is 20.2.